The van der Waals surface area contributed by atoms with Crippen molar-refractivity contribution in [3.8, 4) is 5.75 Å². The summed E-state index contributed by atoms with van der Waals surface area (Å²) < 4.78 is 5.94. The number of hydrogen-bond acceptors (Lipinski definition) is 2. The van der Waals surface area contributed by atoms with Crippen LogP contribution >= 0.6 is 0 Å². The minimum Gasteiger partial charge on any atom is -0.489 e. The molecule has 0 aliphatic heterocycles. The SMILES string of the molecule is CCCC(CNC(C)C)Oc1ccccc1. The van der Waals surface area contributed by atoms with Gasteiger partial charge < -0.3 is 10.1 Å². The third-order valence-electron chi connectivity index (χ3n) is 2.41. The quantitative estimate of drug-likeness (QED) is 0.763. The van der Waals surface area contributed by atoms with E-state index < -0.39 is 0 Å². The topological polar surface area (TPSA) is 21.3 Å². The Kier molecular flexibility index (Phi) is 5.94. The van der Waals surface area contributed by atoms with Crippen molar-refractivity contribution in [3.63, 3.8) is 0 Å². The first-order valence-electron chi connectivity index (χ1n) is 6.17. The summed E-state index contributed by atoms with van der Waals surface area (Å²) in [5, 5.41) is 3.43. The van der Waals surface area contributed by atoms with Gasteiger partial charge in [-0.05, 0) is 18.6 Å². The van der Waals surface area contributed by atoms with Gasteiger partial charge >= 0.3 is 0 Å². The van der Waals surface area contributed by atoms with Gasteiger partial charge in [0, 0.05) is 12.6 Å². The van der Waals surface area contributed by atoms with E-state index in [1.807, 2.05) is 30.3 Å². The third kappa shape index (κ3) is 5.17. The van der Waals surface area contributed by atoms with E-state index in [1.54, 1.807) is 0 Å². The van der Waals surface area contributed by atoms with Crippen LogP contribution in [-0.2, 0) is 0 Å². The molecule has 0 heterocycles. The maximum atomic E-state index is 5.94. The highest BCUT2D eigenvalue weighted by atomic mass is 16.5. The Morgan fingerprint density at radius 3 is 2.44 bits per heavy atom. The molecular formula is C14H23NO. The summed E-state index contributed by atoms with van der Waals surface area (Å²) >= 11 is 0. The molecule has 0 spiro atoms. The lowest BCUT2D eigenvalue weighted by atomic mass is 10.2. The van der Waals surface area contributed by atoms with Crippen molar-refractivity contribution < 1.29 is 4.74 Å². The Bertz CT molecular complexity index is 271. The Hall–Kier alpha value is -1.02. The van der Waals surface area contributed by atoms with Gasteiger partial charge in [0.25, 0.3) is 0 Å². The molecule has 16 heavy (non-hydrogen) atoms. The predicted octanol–water partition coefficient (Wildman–Crippen LogP) is 3.23. The summed E-state index contributed by atoms with van der Waals surface area (Å²) in [6.45, 7) is 7.42. The van der Waals surface area contributed by atoms with E-state index in [2.05, 4.69) is 26.1 Å². The predicted molar refractivity (Wildman–Crippen MR) is 68.9 cm³/mol. The molecule has 0 saturated heterocycles. The van der Waals surface area contributed by atoms with E-state index >= 15 is 0 Å². The van der Waals surface area contributed by atoms with Crippen LogP contribution in [0.2, 0.25) is 0 Å². The normalized spacial score (nSPS) is 12.8. The highest BCUT2D eigenvalue weighted by molar-refractivity contribution is 5.21. The molecule has 1 rings (SSSR count). The van der Waals surface area contributed by atoms with Gasteiger partial charge in [0.15, 0.2) is 0 Å². The van der Waals surface area contributed by atoms with E-state index in [4.69, 9.17) is 4.74 Å². The summed E-state index contributed by atoms with van der Waals surface area (Å²) in [7, 11) is 0. The lowest BCUT2D eigenvalue weighted by Gasteiger charge is -2.20. The molecule has 0 radical (unpaired) electrons. The average Bonchev–Trinajstić information content (AvgIpc) is 2.27. The molecule has 1 aromatic rings. The second-order valence-corrected chi connectivity index (χ2v) is 4.40. The summed E-state index contributed by atoms with van der Waals surface area (Å²) in [5.41, 5.74) is 0. The van der Waals surface area contributed by atoms with Crippen LogP contribution in [0.25, 0.3) is 0 Å². The van der Waals surface area contributed by atoms with Crippen LogP contribution in [0, 0.1) is 0 Å². The second kappa shape index (κ2) is 7.29. The van der Waals surface area contributed by atoms with Crippen LogP contribution in [0.4, 0.5) is 0 Å². The first-order chi connectivity index (χ1) is 7.72. The van der Waals surface area contributed by atoms with Crippen LogP contribution < -0.4 is 10.1 Å². The van der Waals surface area contributed by atoms with Crippen LogP contribution in [0.5, 0.6) is 5.75 Å². The molecule has 2 heteroatoms. The molecule has 1 aromatic carbocycles. The standard InChI is InChI=1S/C14H23NO/c1-4-8-14(11-15-12(2)3)16-13-9-6-5-7-10-13/h5-7,9-10,12,14-15H,4,8,11H2,1-3H3. The second-order valence-electron chi connectivity index (χ2n) is 4.40. The summed E-state index contributed by atoms with van der Waals surface area (Å²) in [5.74, 6) is 0.964. The monoisotopic (exact) mass is 221 g/mol. The zero-order chi connectivity index (χ0) is 11.8. The zero-order valence-corrected chi connectivity index (χ0v) is 10.6. The third-order valence-corrected chi connectivity index (χ3v) is 2.41. The van der Waals surface area contributed by atoms with E-state index in [1.165, 1.54) is 0 Å². The smallest absolute Gasteiger partial charge is 0.119 e. The maximum absolute atomic E-state index is 5.94. The van der Waals surface area contributed by atoms with Gasteiger partial charge in [0.05, 0.1) is 0 Å². The number of rotatable bonds is 7. The summed E-state index contributed by atoms with van der Waals surface area (Å²) in [6.07, 6.45) is 2.51. The molecule has 0 amide bonds. The van der Waals surface area contributed by atoms with Crippen LogP contribution in [0.3, 0.4) is 0 Å². The van der Waals surface area contributed by atoms with Crippen molar-refractivity contribution in [1.82, 2.24) is 5.32 Å². The molecule has 90 valence electrons. The highest BCUT2D eigenvalue weighted by Gasteiger charge is 2.09. The van der Waals surface area contributed by atoms with Gasteiger partial charge in [-0.15, -0.1) is 0 Å². The lowest BCUT2D eigenvalue weighted by molar-refractivity contribution is 0.183. The van der Waals surface area contributed by atoms with Crippen molar-refractivity contribution in [2.24, 2.45) is 0 Å². The number of hydrogen-bond donors (Lipinski definition) is 1. The molecular weight excluding hydrogens is 198 g/mol. The van der Waals surface area contributed by atoms with E-state index in [0.717, 1.165) is 25.1 Å². The first-order valence-corrected chi connectivity index (χ1v) is 6.17. The molecule has 0 saturated carbocycles. The lowest BCUT2D eigenvalue weighted by Crippen LogP contribution is -2.35. The minimum atomic E-state index is 0.273. The van der Waals surface area contributed by atoms with Gasteiger partial charge in [-0.25, -0.2) is 0 Å². The minimum absolute atomic E-state index is 0.273. The molecule has 1 N–H and O–H groups in total. The Balaban J connectivity index is 2.44. The van der Waals surface area contributed by atoms with Crippen molar-refractivity contribution in [3.05, 3.63) is 30.3 Å². The first kappa shape index (κ1) is 13.0. The molecule has 0 aliphatic rings. The van der Waals surface area contributed by atoms with Crippen molar-refractivity contribution >= 4 is 0 Å². The average molecular weight is 221 g/mol. The van der Waals surface area contributed by atoms with Crippen molar-refractivity contribution in [1.29, 1.82) is 0 Å². The maximum Gasteiger partial charge on any atom is 0.119 e. The van der Waals surface area contributed by atoms with Gasteiger partial charge in [0.1, 0.15) is 11.9 Å². The molecule has 1 unspecified atom stereocenters. The van der Waals surface area contributed by atoms with Gasteiger partial charge in [-0.2, -0.15) is 0 Å². The Labute approximate surface area is 99.0 Å². The summed E-state index contributed by atoms with van der Waals surface area (Å²) in [6, 6.07) is 10.6. The zero-order valence-electron chi connectivity index (χ0n) is 10.6. The Morgan fingerprint density at radius 2 is 1.88 bits per heavy atom. The van der Waals surface area contributed by atoms with Crippen LogP contribution in [0.1, 0.15) is 33.6 Å². The molecule has 0 aromatic heterocycles. The van der Waals surface area contributed by atoms with E-state index in [-0.39, 0.29) is 6.10 Å². The largest absolute Gasteiger partial charge is 0.489 e. The number of benzene rings is 1. The summed E-state index contributed by atoms with van der Waals surface area (Å²) in [4.78, 5) is 0. The Morgan fingerprint density at radius 1 is 1.19 bits per heavy atom. The van der Waals surface area contributed by atoms with Gasteiger partial charge in [-0.3, -0.25) is 0 Å². The van der Waals surface area contributed by atoms with Crippen LogP contribution in [0.15, 0.2) is 30.3 Å². The number of ether oxygens (including phenoxy) is 1. The van der Waals surface area contributed by atoms with Crippen molar-refractivity contribution in [2.45, 2.75) is 45.8 Å². The fraction of sp³-hybridized carbons (Fsp3) is 0.571. The van der Waals surface area contributed by atoms with Gasteiger partial charge in [-0.1, -0.05) is 45.4 Å². The molecule has 0 fully saturated rings. The fourth-order valence-corrected chi connectivity index (χ4v) is 1.58. The molecule has 0 aliphatic carbocycles. The number of para-hydroxylation sites is 1. The van der Waals surface area contributed by atoms with Crippen LogP contribution in [-0.4, -0.2) is 18.7 Å². The molecule has 2 nitrogen and oxygen atoms in total. The van der Waals surface area contributed by atoms with E-state index in [0.29, 0.717) is 6.04 Å². The van der Waals surface area contributed by atoms with Gasteiger partial charge in [0.2, 0.25) is 0 Å². The molecule has 1 atom stereocenters. The number of nitrogens with one attached hydrogen (secondary N) is 1. The van der Waals surface area contributed by atoms with E-state index in [9.17, 15) is 0 Å². The van der Waals surface area contributed by atoms with Crippen molar-refractivity contribution in [2.75, 3.05) is 6.54 Å². The fourth-order valence-electron chi connectivity index (χ4n) is 1.58. The molecule has 0 bridgehead atoms. The highest BCUT2D eigenvalue weighted by Crippen LogP contribution is 2.13.